The van der Waals surface area contributed by atoms with E-state index in [2.05, 4.69) is 0 Å². The molecule has 0 radical (unpaired) electrons. The molecule has 152 valence electrons. The van der Waals surface area contributed by atoms with Crippen LogP contribution in [0, 0.1) is 13.8 Å². The first-order chi connectivity index (χ1) is 13.5. The predicted molar refractivity (Wildman–Crippen MR) is 112 cm³/mol. The molecule has 4 bridgehead atoms. The second kappa shape index (κ2) is 9.72. The molecule has 0 aromatic heterocycles. The van der Waals surface area contributed by atoms with Gasteiger partial charge in [-0.25, -0.2) is 0 Å². The molecule has 4 heteroatoms. The summed E-state index contributed by atoms with van der Waals surface area (Å²) in [6, 6.07) is 7.61. The van der Waals surface area contributed by atoms with Crippen LogP contribution in [0.5, 0.6) is 23.0 Å². The van der Waals surface area contributed by atoms with Gasteiger partial charge in [-0.05, 0) is 112 Å². The summed E-state index contributed by atoms with van der Waals surface area (Å²) < 4.78 is 12.0. The van der Waals surface area contributed by atoms with Crippen molar-refractivity contribution in [1.29, 1.82) is 0 Å². The lowest BCUT2D eigenvalue weighted by molar-refractivity contribution is 0.299. The van der Waals surface area contributed by atoms with Crippen LogP contribution in [-0.4, -0.2) is 23.4 Å². The zero-order valence-corrected chi connectivity index (χ0v) is 17.1. The summed E-state index contributed by atoms with van der Waals surface area (Å²) in [5.41, 5.74) is 3.87. The summed E-state index contributed by atoms with van der Waals surface area (Å²) in [5.74, 6) is 2.47. The fourth-order valence-corrected chi connectivity index (χ4v) is 3.69. The SMILES string of the molecule is Cc1cc(O)c2cc1OCCCCCc1cc(c(C)cc1O)OCCCCC2. The topological polar surface area (TPSA) is 58.9 Å². The van der Waals surface area contributed by atoms with Gasteiger partial charge >= 0.3 is 0 Å². The van der Waals surface area contributed by atoms with Gasteiger partial charge in [-0.3, -0.25) is 0 Å². The van der Waals surface area contributed by atoms with Crippen LogP contribution in [0.2, 0.25) is 0 Å². The lowest BCUT2D eigenvalue weighted by Crippen LogP contribution is -2.03. The Kier molecular flexibility index (Phi) is 7.07. The average molecular weight is 385 g/mol. The first-order valence-corrected chi connectivity index (χ1v) is 10.4. The van der Waals surface area contributed by atoms with Crippen LogP contribution in [0.15, 0.2) is 24.3 Å². The highest BCUT2D eigenvalue weighted by atomic mass is 16.5. The number of hydrogen-bond acceptors (Lipinski definition) is 4. The third-order valence-corrected chi connectivity index (χ3v) is 5.45. The van der Waals surface area contributed by atoms with Gasteiger partial charge in [0.15, 0.2) is 0 Å². The Balaban J connectivity index is 1.70. The van der Waals surface area contributed by atoms with E-state index in [-0.39, 0.29) is 0 Å². The van der Waals surface area contributed by atoms with Gasteiger partial charge in [0, 0.05) is 0 Å². The Morgan fingerprint density at radius 3 is 1.46 bits per heavy atom. The summed E-state index contributed by atoms with van der Waals surface area (Å²) in [4.78, 5) is 0. The predicted octanol–water partition coefficient (Wildman–Crippen LogP) is 5.61. The van der Waals surface area contributed by atoms with E-state index >= 15 is 0 Å². The molecule has 0 saturated carbocycles. The minimum atomic E-state index is 0.364. The van der Waals surface area contributed by atoms with Gasteiger partial charge in [0.25, 0.3) is 0 Å². The van der Waals surface area contributed by atoms with E-state index < -0.39 is 0 Å². The van der Waals surface area contributed by atoms with Crippen LogP contribution in [0.25, 0.3) is 0 Å². The van der Waals surface area contributed by atoms with Gasteiger partial charge in [-0.2, -0.15) is 0 Å². The number of aryl methyl sites for hydroxylation is 4. The zero-order valence-electron chi connectivity index (χ0n) is 17.1. The van der Waals surface area contributed by atoms with Gasteiger partial charge in [0.05, 0.1) is 13.2 Å². The number of ether oxygens (including phenoxy) is 2. The van der Waals surface area contributed by atoms with E-state index in [1.54, 1.807) is 0 Å². The van der Waals surface area contributed by atoms with Crippen molar-refractivity contribution in [1.82, 2.24) is 0 Å². The molecule has 2 aromatic rings. The first kappa shape index (κ1) is 20.4. The first-order valence-electron chi connectivity index (χ1n) is 10.4. The molecule has 0 unspecified atom stereocenters. The Labute approximate surface area is 168 Å². The van der Waals surface area contributed by atoms with Crippen molar-refractivity contribution in [2.24, 2.45) is 0 Å². The van der Waals surface area contributed by atoms with E-state index in [1.807, 2.05) is 38.1 Å². The Morgan fingerprint density at radius 1 is 0.607 bits per heavy atom. The molecule has 2 aromatic carbocycles. The van der Waals surface area contributed by atoms with Crippen molar-refractivity contribution in [3.8, 4) is 23.0 Å². The lowest BCUT2D eigenvalue weighted by Gasteiger charge is -2.15. The summed E-state index contributed by atoms with van der Waals surface area (Å²) in [6.07, 6.45) is 7.67. The van der Waals surface area contributed by atoms with Crippen molar-refractivity contribution in [2.45, 2.75) is 65.2 Å². The Morgan fingerprint density at radius 2 is 1.04 bits per heavy atom. The van der Waals surface area contributed by atoms with Crippen molar-refractivity contribution in [3.05, 3.63) is 46.5 Å². The molecule has 0 fully saturated rings. The Hall–Kier alpha value is -2.36. The molecule has 4 nitrogen and oxygen atoms in total. The summed E-state index contributed by atoms with van der Waals surface area (Å²) in [7, 11) is 0. The summed E-state index contributed by atoms with van der Waals surface area (Å²) >= 11 is 0. The lowest BCUT2D eigenvalue weighted by atomic mass is 10.0. The van der Waals surface area contributed by atoms with E-state index in [0.29, 0.717) is 24.7 Å². The molecule has 0 saturated heterocycles. The van der Waals surface area contributed by atoms with Crippen molar-refractivity contribution >= 4 is 0 Å². The number of rotatable bonds is 0. The van der Waals surface area contributed by atoms with Crippen molar-refractivity contribution in [2.75, 3.05) is 13.2 Å². The molecule has 28 heavy (non-hydrogen) atoms. The second-order valence-electron chi connectivity index (χ2n) is 7.81. The van der Waals surface area contributed by atoms with Crippen LogP contribution in [0.4, 0.5) is 0 Å². The number of benzene rings is 2. The fourth-order valence-electron chi connectivity index (χ4n) is 3.69. The number of phenolic OH excluding ortho intramolecular Hbond substituents is 2. The molecular weight excluding hydrogens is 352 g/mol. The number of fused-ring (bicyclic) bond motifs is 4. The summed E-state index contributed by atoms with van der Waals surface area (Å²) in [6.45, 7) is 5.28. The maximum atomic E-state index is 10.2. The van der Waals surface area contributed by atoms with Crippen LogP contribution in [0.3, 0.4) is 0 Å². The normalized spacial score (nSPS) is 16.4. The highest BCUT2D eigenvalue weighted by molar-refractivity contribution is 5.46. The maximum Gasteiger partial charge on any atom is 0.122 e. The van der Waals surface area contributed by atoms with E-state index in [1.165, 1.54) is 0 Å². The van der Waals surface area contributed by atoms with Crippen molar-refractivity contribution < 1.29 is 19.7 Å². The van der Waals surface area contributed by atoms with Crippen molar-refractivity contribution in [3.63, 3.8) is 0 Å². The monoisotopic (exact) mass is 384 g/mol. The van der Waals surface area contributed by atoms with Gasteiger partial charge < -0.3 is 19.7 Å². The molecular formula is C24H32O4. The van der Waals surface area contributed by atoms with E-state index in [4.69, 9.17) is 9.47 Å². The van der Waals surface area contributed by atoms with E-state index in [0.717, 1.165) is 85.1 Å². The van der Waals surface area contributed by atoms with Crippen LogP contribution < -0.4 is 9.47 Å². The minimum Gasteiger partial charge on any atom is -0.508 e. The minimum absolute atomic E-state index is 0.364. The molecule has 0 atom stereocenters. The summed E-state index contributed by atoms with van der Waals surface area (Å²) in [5, 5.41) is 20.5. The standard InChI is InChI=1S/C24H32O4/c1-17-13-21(25)19-9-5-4-8-12-28-24-16-20(22(26)14-18(24)2)10-6-3-7-11-27-23(17)15-19/h13-16,25-26H,3-12H2,1-2H3. The number of phenols is 2. The van der Waals surface area contributed by atoms with Gasteiger partial charge in [-0.15, -0.1) is 0 Å². The smallest absolute Gasteiger partial charge is 0.122 e. The Bertz CT molecular complexity index is 672. The molecule has 3 rings (SSSR count). The van der Waals surface area contributed by atoms with Gasteiger partial charge in [-0.1, -0.05) is 0 Å². The average Bonchev–Trinajstić information content (AvgIpc) is 2.65. The molecule has 1 heterocycles. The maximum absolute atomic E-state index is 10.2. The molecule has 2 N–H and O–H groups in total. The quantitative estimate of drug-likeness (QED) is 0.620. The van der Waals surface area contributed by atoms with E-state index in [9.17, 15) is 10.2 Å². The molecule has 0 amide bonds. The molecule has 0 spiro atoms. The third kappa shape index (κ3) is 5.34. The third-order valence-electron chi connectivity index (χ3n) is 5.45. The van der Waals surface area contributed by atoms with Gasteiger partial charge in [0.2, 0.25) is 0 Å². The van der Waals surface area contributed by atoms with Gasteiger partial charge in [0.1, 0.15) is 23.0 Å². The number of hydrogen-bond donors (Lipinski definition) is 2. The second-order valence-corrected chi connectivity index (χ2v) is 7.81. The molecule has 1 aliphatic heterocycles. The largest absolute Gasteiger partial charge is 0.508 e. The van der Waals surface area contributed by atoms with Crippen LogP contribution in [0.1, 0.15) is 60.8 Å². The zero-order chi connectivity index (χ0) is 19.9. The van der Waals surface area contributed by atoms with Crippen LogP contribution in [-0.2, 0) is 12.8 Å². The van der Waals surface area contributed by atoms with Crippen LogP contribution >= 0.6 is 0 Å². The fraction of sp³-hybridized carbons (Fsp3) is 0.500. The molecule has 1 aliphatic rings. The number of aromatic hydroxyl groups is 2. The highest BCUT2D eigenvalue weighted by Gasteiger charge is 2.10. The molecule has 0 aliphatic carbocycles. The highest BCUT2D eigenvalue weighted by Crippen LogP contribution is 2.31.